The van der Waals surface area contributed by atoms with Crippen molar-refractivity contribution in [2.75, 3.05) is 0 Å². The van der Waals surface area contributed by atoms with Crippen LogP contribution in [-0.2, 0) is 11.2 Å². The fourth-order valence-corrected chi connectivity index (χ4v) is 7.21. The van der Waals surface area contributed by atoms with E-state index in [0.29, 0.717) is 12.2 Å². The predicted molar refractivity (Wildman–Crippen MR) is 203 cm³/mol. The van der Waals surface area contributed by atoms with Crippen LogP contribution in [0.3, 0.4) is 0 Å². The summed E-state index contributed by atoms with van der Waals surface area (Å²) in [5.74, 6) is 3.38. The summed E-state index contributed by atoms with van der Waals surface area (Å²) in [6.45, 7) is 20.2. The SMILES string of the molecule is CCCCCCCCCCCCCC(=O)O.Cc1c(C)c2c(c(C)c1O)CC[C@@](C)(CCCC(C)CCCC(C)CCCC(C)C)O2. The van der Waals surface area contributed by atoms with Crippen molar-refractivity contribution in [2.24, 2.45) is 17.8 Å². The summed E-state index contributed by atoms with van der Waals surface area (Å²) in [5.41, 5.74) is 4.23. The predicted octanol–water partition coefficient (Wildman–Crippen LogP) is 13.6. The molecule has 0 radical (unpaired) electrons. The van der Waals surface area contributed by atoms with E-state index < -0.39 is 5.97 Å². The third kappa shape index (κ3) is 18.6. The number of phenolic OH excluding ortho intramolecular Hbond substituents is 1. The lowest BCUT2D eigenvalue weighted by Crippen LogP contribution is -2.37. The Morgan fingerprint density at radius 2 is 1.19 bits per heavy atom. The van der Waals surface area contributed by atoms with Gasteiger partial charge in [-0.15, -0.1) is 0 Å². The van der Waals surface area contributed by atoms with Gasteiger partial charge in [-0.05, 0) is 94.2 Å². The second-order valence-corrected chi connectivity index (χ2v) is 16.1. The van der Waals surface area contributed by atoms with E-state index in [0.717, 1.165) is 72.3 Å². The first-order valence-corrected chi connectivity index (χ1v) is 20.0. The molecule has 0 saturated heterocycles. The number of unbranched alkanes of at least 4 members (excludes halogenated alkanes) is 10. The van der Waals surface area contributed by atoms with E-state index in [2.05, 4.69) is 48.5 Å². The van der Waals surface area contributed by atoms with Gasteiger partial charge in [-0.25, -0.2) is 0 Å². The van der Waals surface area contributed by atoms with Gasteiger partial charge in [-0.2, -0.15) is 0 Å². The monoisotopic (exact) mass is 659 g/mol. The van der Waals surface area contributed by atoms with Crippen LogP contribution in [0, 0.1) is 38.5 Å². The number of fused-ring (bicyclic) bond motifs is 1. The maximum Gasteiger partial charge on any atom is 0.303 e. The minimum atomic E-state index is -0.657. The summed E-state index contributed by atoms with van der Waals surface area (Å²) in [6.07, 6.45) is 28.4. The van der Waals surface area contributed by atoms with E-state index >= 15 is 0 Å². The van der Waals surface area contributed by atoms with Crippen LogP contribution in [0.2, 0.25) is 0 Å². The molecule has 0 aliphatic carbocycles. The average Bonchev–Trinajstić information content (AvgIpc) is 3.01. The largest absolute Gasteiger partial charge is 0.507 e. The number of phenols is 1. The third-order valence-corrected chi connectivity index (χ3v) is 10.9. The lowest BCUT2D eigenvalue weighted by atomic mass is 9.84. The van der Waals surface area contributed by atoms with Crippen LogP contribution < -0.4 is 4.74 Å². The zero-order chi connectivity index (χ0) is 35.2. The number of carbonyl (C=O) groups is 1. The van der Waals surface area contributed by atoms with Crippen LogP contribution in [0.1, 0.15) is 205 Å². The number of aromatic hydroxyl groups is 1. The summed E-state index contributed by atoms with van der Waals surface area (Å²) >= 11 is 0. The van der Waals surface area contributed by atoms with Crippen molar-refractivity contribution in [2.45, 2.75) is 216 Å². The van der Waals surface area contributed by atoms with Gasteiger partial charge in [0, 0.05) is 12.0 Å². The number of aliphatic carboxylic acids is 1. The van der Waals surface area contributed by atoms with Gasteiger partial charge < -0.3 is 14.9 Å². The van der Waals surface area contributed by atoms with Crippen molar-refractivity contribution >= 4 is 5.97 Å². The summed E-state index contributed by atoms with van der Waals surface area (Å²) in [5, 5.41) is 18.8. The standard InChI is InChI=1S/C29H50O2.C14H28O2/c1-20(2)12-9-13-21(3)14-10-15-22(4)16-11-18-29(8)19-17-26-25(7)27(30)23(5)24(6)28(26)31-29;1-2-3-4-5-6-7-8-9-10-11-12-13-14(15)16/h20-22,30H,9-19H2,1-8H3;2-13H2,1H3,(H,15,16)/t21?,22?,29-;/m1./s1. The zero-order valence-corrected chi connectivity index (χ0v) is 32.7. The van der Waals surface area contributed by atoms with Gasteiger partial charge >= 0.3 is 5.97 Å². The summed E-state index contributed by atoms with van der Waals surface area (Å²) in [7, 11) is 0. The lowest BCUT2D eigenvalue weighted by Gasteiger charge is -2.38. The van der Waals surface area contributed by atoms with Crippen molar-refractivity contribution in [1.29, 1.82) is 0 Å². The number of hydrogen-bond acceptors (Lipinski definition) is 3. The zero-order valence-electron chi connectivity index (χ0n) is 32.7. The van der Waals surface area contributed by atoms with Crippen LogP contribution in [-0.4, -0.2) is 21.8 Å². The first-order chi connectivity index (χ1) is 22.3. The van der Waals surface area contributed by atoms with Gasteiger partial charge in [0.1, 0.15) is 17.1 Å². The fourth-order valence-electron chi connectivity index (χ4n) is 7.21. The van der Waals surface area contributed by atoms with Crippen LogP contribution in [0.15, 0.2) is 0 Å². The van der Waals surface area contributed by atoms with Crippen LogP contribution in [0.25, 0.3) is 0 Å². The van der Waals surface area contributed by atoms with E-state index in [1.54, 1.807) is 0 Å². The summed E-state index contributed by atoms with van der Waals surface area (Å²) in [6, 6.07) is 0. The Morgan fingerprint density at radius 3 is 1.70 bits per heavy atom. The molecule has 274 valence electrons. The van der Waals surface area contributed by atoms with Crippen LogP contribution >= 0.6 is 0 Å². The van der Waals surface area contributed by atoms with E-state index in [-0.39, 0.29) is 5.60 Å². The van der Waals surface area contributed by atoms with Crippen LogP contribution in [0.4, 0.5) is 0 Å². The number of carboxylic acids is 1. The van der Waals surface area contributed by atoms with Gasteiger partial charge in [-0.1, -0.05) is 144 Å². The minimum Gasteiger partial charge on any atom is -0.507 e. The number of benzene rings is 1. The van der Waals surface area contributed by atoms with Gasteiger partial charge in [0.15, 0.2) is 0 Å². The maximum absolute atomic E-state index is 10.4. The highest BCUT2D eigenvalue weighted by atomic mass is 16.5. The van der Waals surface area contributed by atoms with Crippen molar-refractivity contribution in [3.63, 3.8) is 0 Å². The molecule has 1 aliphatic heterocycles. The van der Waals surface area contributed by atoms with E-state index in [1.165, 1.54) is 115 Å². The number of hydrogen-bond donors (Lipinski definition) is 2. The molecular weight excluding hydrogens is 580 g/mol. The Balaban J connectivity index is 0.000000584. The number of rotatable bonds is 24. The van der Waals surface area contributed by atoms with E-state index in [9.17, 15) is 9.90 Å². The maximum atomic E-state index is 10.4. The van der Waals surface area contributed by atoms with Crippen LogP contribution in [0.5, 0.6) is 11.5 Å². The molecule has 0 saturated carbocycles. The Hall–Kier alpha value is -1.71. The number of carboxylic acid groups (broad SMARTS) is 1. The highest BCUT2D eigenvalue weighted by Crippen LogP contribution is 2.44. The second-order valence-electron chi connectivity index (χ2n) is 16.1. The molecule has 0 fully saturated rings. The smallest absolute Gasteiger partial charge is 0.303 e. The molecule has 1 aliphatic rings. The molecule has 4 heteroatoms. The van der Waals surface area contributed by atoms with Crippen molar-refractivity contribution in [3.05, 3.63) is 22.3 Å². The molecule has 2 unspecified atom stereocenters. The molecule has 3 atom stereocenters. The highest BCUT2D eigenvalue weighted by molar-refractivity contribution is 5.66. The van der Waals surface area contributed by atoms with E-state index in [1.807, 2.05) is 13.8 Å². The molecule has 47 heavy (non-hydrogen) atoms. The summed E-state index contributed by atoms with van der Waals surface area (Å²) in [4.78, 5) is 10.3. The van der Waals surface area contributed by atoms with Crippen molar-refractivity contribution in [1.82, 2.24) is 0 Å². The van der Waals surface area contributed by atoms with Crippen molar-refractivity contribution in [3.8, 4) is 11.5 Å². The molecule has 0 amide bonds. The minimum absolute atomic E-state index is 0.0712. The topological polar surface area (TPSA) is 66.8 Å². The Kier molecular flexibility index (Phi) is 22.5. The van der Waals surface area contributed by atoms with E-state index in [4.69, 9.17) is 9.84 Å². The normalized spacial score (nSPS) is 17.1. The lowest BCUT2D eigenvalue weighted by molar-refractivity contribution is -0.137. The van der Waals surface area contributed by atoms with Gasteiger partial charge in [-0.3, -0.25) is 4.79 Å². The highest BCUT2D eigenvalue weighted by Gasteiger charge is 2.34. The quantitative estimate of drug-likeness (QED) is 0.108. The molecule has 4 nitrogen and oxygen atoms in total. The fraction of sp³-hybridized carbons (Fsp3) is 0.837. The summed E-state index contributed by atoms with van der Waals surface area (Å²) < 4.78 is 6.60. The molecule has 1 heterocycles. The molecule has 1 aromatic carbocycles. The van der Waals surface area contributed by atoms with Gasteiger partial charge in [0.25, 0.3) is 0 Å². The molecule has 2 rings (SSSR count). The first kappa shape index (κ1) is 43.3. The third-order valence-electron chi connectivity index (χ3n) is 10.9. The molecular formula is C43H78O4. The average molecular weight is 659 g/mol. The number of ether oxygens (including phenoxy) is 1. The Labute approximate surface area is 292 Å². The van der Waals surface area contributed by atoms with Gasteiger partial charge in [0.2, 0.25) is 0 Å². The Bertz CT molecular complexity index is 983. The first-order valence-electron chi connectivity index (χ1n) is 20.0. The van der Waals surface area contributed by atoms with Gasteiger partial charge in [0.05, 0.1) is 0 Å². The molecule has 2 N–H and O–H groups in total. The van der Waals surface area contributed by atoms with Crippen molar-refractivity contribution < 1.29 is 19.7 Å². The molecule has 0 spiro atoms. The molecule has 0 aromatic heterocycles. The molecule has 1 aromatic rings. The molecule has 0 bridgehead atoms. The second kappa shape index (κ2) is 24.4. The Morgan fingerprint density at radius 1 is 0.702 bits per heavy atom.